The molecule has 1 N–H and O–H groups in total. The van der Waals surface area contributed by atoms with Gasteiger partial charge in [0.2, 0.25) is 0 Å². The van der Waals surface area contributed by atoms with Crippen molar-refractivity contribution in [3.63, 3.8) is 0 Å². The van der Waals surface area contributed by atoms with Gasteiger partial charge in [0.05, 0.1) is 6.61 Å². The van der Waals surface area contributed by atoms with Crippen molar-refractivity contribution in [1.82, 2.24) is 0 Å². The van der Waals surface area contributed by atoms with Crippen molar-refractivity contribution >= 4 is 0 Å². The van der Waals surface area contributed by atoms with Crippen molar-refractivity contribution in [3.05, 3.63) is 0 Å². The first-order chi connectivity index (χ1) is 4.48. The molecule has 0 aromatic carbocycles. The molecule has 0 aromatic heterocycles. The van der Waals surface area contributed by atoms with Gasteiger partial charge in [0, 0.05) is 6.61 Å². The molecule has 1 atom stereocenters. The summed E-state index contributed by atoms with van der Waals surface area (Å²) in [4.78, 5) is 0. The van der Waals surface area contributed by atoms with E-state index in [9.17, 15) is 13.2 Å². The topological polar surface area (TPSA) is 29.5 Å². The number of aliphatic hydroxyl groups excluding tert-OH is 1. The van der Waals surface area contributed by atoms with Gasteiger partial charge in [-0.15, -0.1) is 0 Å². The van der Waals surface area contributed by atoms with Crippen molar-refractivity contribution in [2.75, 3.05) is 13.2 Å². The molecule has 0 aliphatic heterocycles. The normalized spacial score (nSPS) is 15.3. The molecule has 10 heavy (non-hydrogen) atoms. The maximum absolute atomic E-state index is 11.4. The number of hydrogen-bond donors (Lipinski definition) is 1. The van der Waals surface area contributed by atoms with Crippen LogP contribution >= 0.6 is 0 Å². The summed E-state index contributed by atoms with van der Waals surface area (Å²) in [6, 6.07) is 0. The fraction of sp³-hybridized carbons (Fsp3) is 1.00. The lowest BCUT2D eigenvalue weighted by Crippen LogP contribution is -2.32. The Balaban J connectivity index is 3.52. The third-order valence-electron chi connectivity index (χ3n) is 0.858. The van der Waals surface area contributed by atoms with Gasteiger partial charge in [0.25, 0.3) is 0 Å². The summed E-state index contributed by atoms with van der Waals surface area (Å²) in [6.45, 7) is 1.05. The van der Waals surface area contributed by atoms with Crippen molar-refractivity contribution in [2.45, 2.75) is 19.2 Å². The number of halogens is 3. The molecule has 1 unspecified atom stereocenters. The average Bonchev–Trinajstić information content (AvgIpc) is 1.80. The maximum atomic E-state index is 11.4. The zero-order valence-corrected chi connectivity index (χ0v) is 5.48. The van der Waals surface area contributed by atoms with Crippen LogP contribution in [0.4, 0.5) is 13.2 Å². The zero-order chi connectivity index (χ0) is 8.20. The molecule has 0 rings (SSSR count). The van der Waals surface area contributed by atoms with Gasteiger partial charge in [-0.05, 0) is 6.92 Å². The lowest BCUT2D eigenvalue weighted by molar-refractivity contribution is -0.216. The Morgan fingerprint density at radius 3 is 2.30 bits per heavy atom. The van der Waals surface area contributed by atoms with Crippen LogP contribution in [0.25, 0.3) is 0 Å². The largest absolute Gasteiger partial charge is 0.416 e. The van der Waals surface area contributed by atoms with Crippen molar-refractivity contribution in [3.8, 4) is 0 Å². The van der Waals surface area contributed by atoms with Crippen molar-refractivity contribution in [2.24, 2.45) is 0 Å². The average molecular weight is 158 g/mol. The fourth-order valence-electron chi connectivity index (χ4n) is 0.324. The Bertz CT molecular complexity index is 91.4. The Labute approximate surface area is 56.6 Å². The number of rotatable bonds is 3. The van der Waals surface area contributed by atoms with E-state index in [4.69, 9.17) is 5.11 Å². The molecule has 62 valence electrons. The first kappa shape index (κ1) is 9.71. The molecule has 0 aromatic rings. The quantitative estimate of drug-likeness (QED) is 0.662. The Hall–Kier alpha value is -0.290. The summed E-state index contributed by atoms with van der Waals surface area (Å²) in [5.41, 5.74) is 0. The number of alkyl halides is 3. The van der Waals surface area contributed by atoms with E-state index in [1.165, 1.54) is 0 Å². The predicted molar refractivity (Wildman–Crippen MR) is 28.6 cm³/mol. The standard InChI is InChI=1S/C5H9F3O2/c1-2-10-3-4(9)5(6,7)8/h4,9H,2-3H2,1H3. The lowest BCUT2D eigenvalue weighted by Gasteiger charge is -2.13. The van der Waals surface area contributed by atoms with E-state index < -0.39 is 18.9 Å². The van der Waals surface area contributed by atoms with E-state index in [2.05, 4.69) is 4.74 Å². The van der Waals surface area contributed by atoms with E-state index in [-0.39, 0.29) is 6.61 Å². The first-order valence-corrected chi connectivity index (χ1v) is 2.81. The minimum atomic E-state index is -4.56. The molecule has 0 bridgehead atoms. The SMILES string of the molecule is CCOCC(O)C(F)(F)F. The van der Waals surface area contributed by atoms with Gasteiger partial charge in [-0.25, -0.2) is 0 Å². The highest BCUT2D eigenvalue weighted by molar-refractivity contribution is 4.62. The molecule has 5 heteroatoms. The minimum Gasteiger partial charge on any atom is -0.382 e. The van der Waals surface area contributed by atoms with E-state index in [0.717, 1.165) is 0 Å². The third-order valence-corrected chi connectivity index (χ3v) is 0.858. The number of hydrogen-bond acceptors (Lipinski definition) is 2. The lowest BCUT2D eigenvalue weighted by atomic mass is 10.4. The van der Waals surface area contributed by atoms with Crippen LogP contribution in [0.2, 0.25) is 0 Å². The number of ether oxygens (including phenoxy) is 1. The summed E-state index contributed by atoms with van der Waals surface area (Å²) in [5.74, 6) is 0. The predicted octanol–water partition coefficient (Wildman–Crippen LogP) is 0.946. The van der Waals surface area contributed by atoms with Crippen LogP contribution < -0.4 is 0 Å². The van der Waals surface area contributed by atoms with E-state index in [1.54, 1.807) is 6.92 Å². The molecule has 0 aliphatic rings. The molecular weight excluding hydrogens is 149 g/mol. The van der Waals surface area contributed by atoms with Crippen LogP contribution in [0.5, 0.6) is 0 Å². The second kappa shape index (κ2) is 3.78. The van der Waals surface area contributed by atoms with Crippen LogP contribution in [0, 0.1) is 0 Å². The highest BCUT2D eigenvalue weighted by atomic mass is 19.4. The van der Waals surface area contributed by atoms with Crippen LogP contribution in [-0.4, -0.2) is 30.6 Å². The smallest absolute Gasteiger partial charge is 0.382 e. The summed E-state index contributed by atoms with van der Waals surface area (Å²) in [5, 5.41) is 8.27. The Kier molecular flexibility index (Phi) is 3.67. The van der Waals surface area contributed by atoms with Crippen molar-refractivity contribution in [1.29, 1.82) is 0 Å². The molecule has 0 radical (unpaired) electrons. The summed E-state index contributed by atoms with van der Waals surface area (Å²) >= 11 is 0. The van der Waals surface area contributed by atoms with Crippen LogP contribution in [-0.2, 0) is 4.74 Å². The molecule has 0 amide bonds. The maximum Gasteiger partial charge on any atom is 0.416 e. The highest BCUT2D eigenvalue weighted by Gasteiger charge is 2.37. The first-order valence-electron chi connectivity index (χ1n) is 2.81. The molecule has 0 spiro atoms. The van der Waals surface area contributed by atoms with Gasteiger partial charge in [0.15, 0.2) is 6.10 Å². The Morgan fingerprint density at radius 2 is 2.00 bits per heavy atom. The van der Waals surface area contributed by atoms with Crippen LogP contribution in [0.1, 0.15) is 6.92 Å². The van der Waals surface area contributed by atoms with Gasteiger partial charge >= 0.3 is 6.18 Å². The van der Waals surface area contributed by atoms with E-state index >= 15 is 0 Å². The summed E-state index contributed by atoms with van der Waals surface area (Å²) < 4.78 is 38.7. The number of aliphatic hydroxyl groups is 1. The molecule has 0 aliphatic carbocycles. The van der Waals surface area contributed by atoms with E-state index in [1.807, 2.05) is 0 Å². The van der Waals surface area contributed by atoms with Crippen LogP contribution in [0.15, 0.2) is 0 Å². The molecule has 0 heterocycles. The summed E-state index contributed by atoms with van der Waals surface area (Å²) in [6.07, 6.45) is -6.91. The van der Waals surface area contributed by atoms with Gasteiger partial charge in [0.1, 0.15) is 0 Å². The molecule has 2 nitrogen and oxygen atoms in total. The third kappa shape index (κ3) is 3.68. The fourth-order valence-corrected chi connectivity index (χ4v) is 0.324. The van der Waals surface area contributed by atoms with Gasteiger partial charge in [-0.1, -0.05) is 0 Å². The second-order valence-corrected chi connectivity index (χ2v) is 1.72. The monoisotopic (exact) mass is 158 g/mol. The minimum absolute atomic E-state index is 0.174. The second-order valence-electron chi connectivity index (χ2n) is 1.72. The summed E-state index contributed by atoms with van der Waals surface area (Å²) in [7, 11) is 0. The van der Waals surface area contributed by atoms with E-state index in [0.29, 0.717) is 0 Å². The van der Waals surface area contributed by atoms with Gasteiger partial charge in [-0.3, -0.25) is 0 Å². The molecule has 0 fully saturated rings. The highest BCUT2D eigenvalue weighted by Crippen LogP contribution is 2.19. The molecule has 0 saturated heterocycles. The van der Waals surface area contributed by atoms with Gasteiger partial charge in [-0.2, -0.15) is 13.2 Å². The van der Waals surface area contributed by atoms with Gasteiger partial charge < -0.3 is 9.84 Å². The molecular formula is C5H9F3O2. The van der Waals surface area contributed by atoms with Crippen LogP contribution in [0.3, 0.4) is 0 Å². The van der Waals surface area contributed by atoms with Crippen molar-refractivity contribution < 1.29 is 23.0 Å². The molecule has 0 saturated carbocycles. The Morgan fingerprint density at radius 1 is 1.50 bits per heavy atom. The zero-order valence-electron chi connectivity index (χ0n) is 5.48.